The van der Waals surface area contributed by atoms with E-state index in [9.17, 15) is 4.79 Å². The maximum absolute atomic E-state index is 11.0. The number of rotatable bonds is 2. The van der Waals surface area contributed by atoms with Crippen LogP contribution in [-0.2, 0) is 4.79 Å². The summed E-state index contributed by atoms with van der Waals surface area (Å²) in [6.45, 7) is 4.29. The van der Waals surface area contributed by atoms with Crippen LogP contribution in [-0.4, -0.2) is 42.9 Å². The maximum atomic E-state index is 11.0. The van der Waals surface area contributed by atoms with Gasteiger partial charge in [0.25, 0.3) is 0 Å². The third-order valence-electron chi connectivity index (χ3n) is 3.05. The minimum atomic E-state index is 0. The fourth-order valence-electron chi connectivity index (χ4n) is 2.21. The van der Waals surface area contributed by atoms with Gasteiger partial charge >= 0.3 is 0 Å². The Morgan fingerprint density at radius 3 is 2.64 bits per heavy atom. The van der Waals surface area contributed by atoms with Crippen LogP contribution >= 0.6 is 12.4 Å². The number of nitrogens with zero attached hydrogens (tertiary/aromatic N) is 1. The lowest BCUT2D eigenvalue weighted by molar-refractivity contribution is -0.121. The molecule has 0 aromatic rings. The molecule has 2 aliphatic rings. The number of Topliss-reactive ketones (excluding diaryl/α,β-unsaturated/α-hetero) is 1. The van der Waals surface area contributed by atoms with E-state index in [0.717, 1.165) is 32.5 Å². The summed E-state index contributed by atoms with van der Waals surface area (Å²) in [4.78, 5) is 13.4. The average molecular weight is 219 g/mol. The smallest absolute Gasteiger partial charge is 0.135 e. The third-order valence-corrected chi connectivity index (χ3v) is 3.05. The van der Waals surface area contributed by atoms with Crippen molar-refractivity contribution >= 4 is 18.2 Å². The van der Waals surface area contributed by atoms with Crippen molar-refractivity contribution < 1.29 is 4.79 Å². The molecule has 0 spiro atoms. The summed E-state index contributed by atoms with van der Waals surface area (Å²) in [5, 5.41) is 3.49. The number of halogens is 1. The molecule has 0 radical (unpaired) electrons. The molecule has 82 valence electrons. The zero-order valence-corrected chi connectivity index (χ0v) is 9.31. The Balaban J connectivity index is 0.000000980. The molecular weight excluding hydrogens is 200 g/mol. The summed E-state index contributed by atoms with van der Waals surface area (Å²) in [6.07, 6.45) is 4.17. The van der Waals surface area contributed by atoms with Crippen molar-refractivity contribution in [3.63, 3.8) is 0 Å². The lowest BCUT2D eigenvalue weighted by Gasteiger charge is -2.28. The molecule has 14 heavy (non-hydrogen) atoms. The van der Waals surface area contributed by atoms with Gasteiger partial charge in [0.15, 0.2) is 0 Å². The number of hydrogen-bond acceptors (Lipinski definition) is 3. The molecule has 0 aromatic carbocycles. The molecule has 0 bridgehead atoms. The Hall–Kier alpha value is -0.120. The van der Waals surface area contributed by atoms with Crippen LogP contribution in [0.15, 0.2) is 0 Å². The van der Waals surface area contributed by atoms with Gasteiger partial charge in [-0.3, -0.25) is 4.79 Å². The van der Waals surface area contributed by atoms with Crippen LogP contribution in [0.1, 0.15) is 25.7 Å². The van der Waals surface area contributed by atoms with Gasteiger partial charge in [0, 0.05) is 38.5 Å². The van der Waals surface area contributed by atoms with E-state index in [1.165, 1.54) is 19.4 Å². The lowest BCUT2D eigenvalue weighted by Crippen LogP contribution is -2.41. The van der Waals surface area contributed by atoms with Gasteiger partial charge in [-0.2, -0.15) is 0 Å². The molecule has 0 saturated carbocycles. The number of carbonyl (C=O) groups excluding carboxylic acids is 1. The number of likely N-dealkylation sites (tertiary alicyclic amines) is 1. The van der Waals surface area contributed by atoms with E-state index in [2.05, 4.69) is 10.2 Å². The van der Waals surface area contributed by atoms with E-state index >= 15 is 0 Å². The predicted octanol–water partition coefficient (Wildman–Crippen LogP) is 0.825. The standard InChI is InChI=1S/C10H18N2O.ClH/c13-10-3-6-12(7-4-10)8-9-2-1-5-11-9;/h9,11H,1-8H2;1H. The molecule has 0 aliphatic carbocycles. The van der Waals surface area contributed by atoms with Crippen molar-refractivity contribution in [2.24, 2.45) is 0 Å². The van der Waals surface area contributed by atoms with Crippen LogP contribution in [0.2, 0.25) is 0 Å². The minimum absolute atomic E-state index is 0. The van der Waals surface area contributed by atoms with E-state index in [4.69, 9.17) is 0 Å². The molecule has 2 fully saturated rings. The first-order valence-corrected chi connectivity index (χ1v) is 5.32. The lowest BCUT2D eigenvalue weighted by atomic mass is 10.1. The second kappa shape index (κ2) is 5.69. The van der Waals surface area contributed by atoms with Crippen LogP contribution in [0.3, 0.4) is 0 Å². The molecule has 2 heterocycles. The molecule has 0 amide bonds. The molecule has 3 nitrogen and oxygen atoms in total. The quantitative estimate of drug-likeness (QED) is 0.745. The predicted molar refractivity (Wildman–Crippen MR) is 59.0 cm³/mol. The summed E-state index contributed by atoms with van der Waals surface area (Å²) in [7, 11) is 0. The first kappa shape index (κ1) is 12.0. The van der Waals surface area contributed by atoms with Crippen LogP contribution < -0.4 is 5.32 Å². The highest BCUT2D eigenvalue weighted by Crippen LogP contribution is 2.10. The second-order valence-electron chi connectivity index (χ2n) is 4.13. The Morgan fingerprint density at radius 1 is 1.36 bits per heavy atom. The van der Waals surface area contributed by atoms with Gasteiger partial charge in [-0.1, -0.05) is 0 Å². The summed E-state index contributed by atoms with van der Waals surface area (Å²) >= 11 is 0. The summed E-state index contributed by atoms with van der Waals surface area (Å²) in [5.41, 5.74) is 0. The number of ketones is 1. The van der Waals surface area contributed by atoms with Crippen LogP contribution in [0.25, 0.3) is 0 Å². The maximum Gasteiger partial charge on any atom is 0.135 e. The summed E-state index contributed by atoms with van der Waals surface area (Å²) in [5.74, 6) is 0.440. The average Bonchev–Trinajstić information content (AvgIpc) is 2.62. The monoisotopic (exact) mass is 218 g/mol. The summed E-state index contributed by atoms with van der Waals surface area (Å²) < 4.78 is 0. The van der Waals surface area contributed by atoms with E-state index < -0.39 is 0 Å². The van der Waals surface area contributed by atoms with E-state index in [0.29, 0.717) is 11.8 Å². The number of nitrogens with one attached hydrogen (secondary N) is 1. The molecule has 1 unspecified atom stereocenters. The van der Waals surface area contributed by atoms with Crippen molar-refractivity contribution in [2.45, 2.75) is 31.7 Å². The van der Waals surface area contributed by atoms with Gasteiger partial charge in [0.05, 0.1) is 0 Å². The third kappa shape index (κ3) is 3.23. The van der Waals surface area contributed by atoms with Crippen LogP contribution in [0.5, 0.6) is 0 Å². The minimum Gasteiger partial charge on any atom is -0.313 e. The molecule has 4 heteroatoms. The van der Waals surface area contributed by atoms with Gasteiger partial charge in [-0.15, -0.1) is 12.4 Å². The molecule has 0 aromatic heterocycles. The molecule has 1 atom stereocenters. The Labute approximate surface area is 91.6 Å². The van der Waals surface area contributed by atoms with Gasteiger partial charge in [0.1, 0.15) is 5.78 Å². The van der Waals surface area contributed by atoms with Crippen molar-refractivity contribution in [3.8, 4) is 0 Å². The Bertz CT molecular complexity index is 183. The molecule has 1 N–H and O–H groups in total. The molecule has 2 aliphatic heterocycles. The number of carbonyl (C=O) groups is 1. The highest BCUT2D eigenvalue weighted by atomic mass is 35.5. The first-order chi connectivity index (χ1) is 6.34. The van der Waals surface area contributed by atoms with Crippen molar-refractivity contribution in [3.05, 3.63) is 0 Å². The fraction of sp³-hybridized carbons (Fsp3) is 0.900. The Kier molecular flexibility index (Phi) is 4.85. The van der Waals surface area contributed by atoms with Crippen molar-refractivity contribution in [1.82, 2.24) is 10.2 Å². The number of piperidine rings is 1. The highest BCUT2D eigenvalue weighted by Gasteiger charge is 2.21. The van der Waals surface area contributed by atoms with Crippen molar-refractivity contribution in [2.75, 3.05) is 26.2 Å². The zero-order chi connectivity index (χ0) is 9.10. The SMILES string of the molecule is Cl.O=C1CCN(CC2CCCN2)CC1. The normalized spacial score (nSPS) is 28.9. The Morgan fingerprint density at radius 2 is 2.07 bits per heavy atom. The zero-order valence-electron chi connectivity index (χ0n) is 8.50. The second-order valence-corrected chi connectivity index (χ2v) is 4.13. The molecule has 2 saturated heterocycles. The summed E-state index contributed by atoms with van der Waals surface area (Å²) in [6, 6.07) is 0.688. The van der Waals surface area contributed by atoms with Gasteiger partial charge in [-0.05, 0) is 19.4 Å². The van der Waals surface area contributed by atoms with Crippen molar-refractivity contribution in [1.29, 1.82) is 0 Å². The van der Waals surface area contributed by atoms with Crippen LogP contribution in [0.4, 0.5) is 0 Å². The first-order valence-electron chi connectivity index (χ1n) is 5.32. The highest BCUT2D eigenvalue weighted by molar-refractivity contribution is 5.85. The fourth-order valence-corrected chi connectivity index (χ4v) is 2.21. The van der Waals surface area contributed by atoms with Gasteiger partial charge in [-0.25, -0.2) is 0 Å². The van der Waals surface area contributed by atoms with Gasteiger partial charge in [0.2, 0.25) is 0 Å². The van der Waals surface area contributed by atoms with E-state index in [1.807, 2.05) is 0 Å². The largest absolute Gasteiger partial charge is 0.313 e. The molecule has 2 rings (SSSR count). The van der Waals surface area contributed by atoms with E-state index in [1.54, 1.807) is 0 Å². The number of hydrogen-bond donors (Lipinski definition) is 1. The van der Waals surface area contributed by atoms with E-state index in [-0.39, 0.29) is 12.4 Å². The van der Waals surface area contributed by atoms with Gasteiger partial charge < -0.3 is 10.2 Å². The molecular formula is C10H19ClN2O. The topological polar surface area (TPSA) is 32.3 Å². The van der Waals surface area contributed by atoms with Crippen LogP contribution in [0, 0.1) is 0 Å².